The third-order valence-corrected chi connectivity index (χ3v) is 5.62. The van der Waals surface area contributed by atoms with Gasteiger partial charge in [-0.25, -0.2) is 4.79 Å². The Labute approximate surface area is 177 Å². The molecule has 0 atom stereocenters. The molecule has 1 N–H and O–H groups in total. The third kappa shape index (κ3) is 5.58. The monoisotopic (exact) mass is 414 g/mol. The van der Waals surface area contributed by atoms with Crippen LogP contribution in [0.3, 0.4) is 0 Å². The van der Waals surface area contributed by atoms with Gasteiger partial charge in [0.25, 0.3) is 0 Å². The number of hydrogen-bond acceptors (Lipinski definition) is 4. The SMILES string of the molecule is CCOC(=O)c1cccc(NC(=O)C2CCN(Cc3ccc(Cl)cc3)CC2)c1C. The molecule has 1 saturated heterocycles. The lowest BCUT2D eigenvalue weighted by molar-refractivity contribution is -0.121. The smallest absolute Gasteiger partial charge is 0.338 e. The second-order valence-corrected chi connectivity index (χ2v) is 7.80. The number of benzene rings is 2. The minimum atomic E-state index is -0.364. The van der Waals surface area contributed by atoms with E-state index in [0.717, 1.165) is 43.1 Å². The summed E-state index contributed by atoms with van der Waals surface area (Å²) in [5, 5.41) is 3.75. The zero-order chi connectivity index (χ0) is 20.8. The van der Waals surface area contributed by atoms with Crippen LogP contribution in [0.5, 0.6) is 0 Å². The highest BCUT2D eigenvalue weighted by Gasteiger charge is 2.25. The van der Waals surface area contributed by atoms with Gasteiger partial charge in [-0.3, -0.25) is 9.69 Å². The van der Waals surface area contributed by atoms with Gasteiger partial charge in [-0.1, -0.05) is 29.8 Å². The topological polar surface area (TPSA) is 58.6 Å². The molecule has 0 saturated carbocycles. The lowest BCUT2D eigenvalue weighted by Gasteiger charge is -2.31. The number of likely N-dealkylation sites (tertiary alicyclic amines) is 1. The van der Waals surface area contributed by atoms with Crippen LogP contribution in [-0.4, -0.2) is 36.5 Å². The fourth-order valence-corrected chi connectivity index (χ4v) is 3.76. The molecule has 3 rings (SSSR count). The van der Waals surface area contributed by atoms with Crippen molar-refractivity contribution in [3.8, 4) is 0 Å². The highest BCUT2D eigenvalue weighted by Crippen LogP contribution is 2.24. The van der Waals surface area contributed by atoms with E-state index in [0.29, 0.717) is 17.9 Å². The Hall–Kier alpha value is -2.37. The summed E-state index contributed by atoms with van der Waals surface area (Å²) in [4.78, 5) is 27.2. The summed E-state index contributed by atoms with van der Waals surface area (Å²) in [7, 11) is 0. The summed E-state index contributed by atoms with van der Waals surface area (Å²) < 4.78 is 5.09. The molecule has 29 heavy (non-hydrogen) atoms. The molecular weight excluding hydrogens is 388 g/mol. The first kappa shape index (κ1) is 21.3. The van der Waals surface area contributed by atoms with Crippen LogP contribution < -0.4 is 5.32 Å². The van der Waals surface area contributed by atoms with Crippen LogP contribution in [0, 0.1) is 12.8 Å². The first-order chi connectivity index (χ1) is 14.0. The van der Waals surface area contributed by atoms with Crippen molar-refractivity contribution in [1.29, 1.82) is 0 Å². The Morgan fingerprint density at radius 3 is 2.48 bits per heavy atom. The lowest BCUT2D eigenvalue weighted by atomic mass is 9.95. The first-order valence-corrected chi connectivity index (χ1v) is 10.4. The number of rotatable bonds is 6. The third-order valence-electron chi connectivity index (χ3n) is 5.36. The number of esters is 1. The van der Waals surface area contributed by atoms with Crippen LogP contribution in [0.1, 0.15) is 41.3 Å². The molecule has 0 unspecified atom stereocenters. The number of ether oxygens (including phenoxy) is 1. The maximum Gasteiger partial charge on any atom is 0.338 e. The van der Waals surface area contributed by atoms with E-state index in [1.807, 2.05) is 37.3 Å². The Kier molecular flexibility index (Phi) is 7.29. The molecule has 6 heteroatoms. The van der Waals surface area contributed by atoms with Crippen molar-refractivity contribution in [2.45, 2.75) is 33.2 Å². The zero-order valence-corrected chi connectivity index (χ0v) is 17.7. The quantitative estimate of drug-likeness (QED) is 0.697. The highest BCUT2D eigenvalue weighted by molar-refractivity contribution is 6.30. The summed E-state index contributed by atoms with van der Waals surface area (Å²) in [6.07, 6.45) is 1.63. The minimum Gasteiger partial charge on any atom is -0.462 e. The molecule has 2 aromatic rings. The van der Waals surface area contributed by atoms with Gasteiger partial charge in [0, 0.05) is 23.2 Å². The molecular formula is C23H27ClN2O3. The van der Waals surface area contributed by atoms with Crippen LogP contribution in [0.15, 0.2) is 42.5 Å². The van der Waals surface area contributed by atoms with Gasteiger partial charge < -0.3 is 10.1 Å². The van der Waals surface area contributed by atoms with E-state index in [1.54, 1.807) is 19.1 Å². The number of amides is 1. The molecule has 2 aromatic carbocycles. The maximum atomic E-state index is 12.8. The van der Waals surface area contributed by atoms with Crippen LogP contribution in [-0.2, 0) is 16.1 Å². The fraction of sp³-hybridized carbons (Fsp3) is 0.391. The number of nitrogens with zero attached hydrogens (tertiary/aromatic N) is 1. The van der Waals surface area contributed by atoms with E-state index in [4.69, 9.17) is 16.3 Å². The lowest BCUT2D eigenvalue weighted by Crippen LogP contribution is -2.37. The molecule has 0 bridgehead atoms. The molecule has 1 heterocycles. The van der Waals surface area contributed by atoms with E-state index in [2.05, 4.69) is 10.2 Å². The van der Waals surface area contributed by atoms with Crippen LogP contribution in [0.2, 0.25) is 5.02 Å². The summed E-state index contributed by atoms with van der Waals surface area (Å²) in [5.41, 5.74) is 3.12. The molecule has 0 aliphatic carbocycles. The molecule has 5 nitrogen and oxygen atoms in total. The second-order valence-electron chi connectivity index (χ2n) is 7.36. The van der Waals surface area contributed by atoms with Gasteiger partial charge in [0.2, 0.25) is 5.91 Å². The number of piperidine rings is 1. The number of halogens is 1. The Morgan fingerprint density at radius 2 is 1.83 bits per heavy atom. The number of carbonyl (C=O) groups is 2. The summed E-state index contributed by atoms with van der Waals surface area (Å²) in [5.74, 6) is -0.376. The minimum absolute atomic E-state index is 0.0141. The van der Waals surface area contributed by atoms with Crippen molar-refractivity contribution < 1.29 is 14.3 Å². The average Bonchev–Trinajstić information content (AvgIpc) is 2.72. The number of nitrogens with one attached hydrogen (secondary N) is 1. The van der Waals surface area contributed by atoms with Gasteiger partial charge in [0.15, 0.2) is 0 Å². The van der Waals surface area contributed by atoms with E-state index in [-0.39, 0.29) is 17.8 Å². The van der Waals surface area contributed by atoms with Gasteiger partial charge in [0.1, 0.15) is 0 Å². The molecule has 1 aliphatic rings. The Bertz CT molecular complexity index is 859. The zero-order valence-electron chi connectivity index (χ0n) is 16.9. The molecule has 1 fully saturated rings. The van der Waals surface area contributed by atoms with E-state index >= 15 is 0 Å². The van der Waals surface area contributed by atoms with E-state index < -0.39 is 0 Å². The number of hydrogen-bond donors (Lipinski definition) is 1. The van der Waals surface area contributed by atoms with Crippen molar-refractivity contribution in [2.24, 2.45) is 5.92 Å². The molecule has 1 amide bonds. The molecule has 1 aliphatic heterocycles. The Balaban J connectivity index is 1.55. The standard InChI is InChI=1S/C23H27ClN2O3/c1-3-29-23(28)20-5-4-6-21(16(20)2)25-22(27)18-11-13-26(14-12-18)15-17-7-9-19(24)10-8-17/h4-10,18H,3,11-15H2,1-2H3,(H,25,27). The normalized spacial score (nSPS) is 15.1. The van der Waals surface area contributed by atoms with Gasteiger partial charge >= 0.3 is 5.97 Å². The van der Waals surface area contributed by atoms with E-state index in [9.17, 15) is 9.59 Å². The van der Waals surface area contributed by atoms with Crippen molar-refractivity contribution in [1.82, 2.24) is 4.90 Å². The summed E-state index contributed by atoms with van der Waals surface area (Å²) in [6, 6.07) is 13.2. The predicted molar refractivity (Wildman–Crippen MR) is 115 cm³/mol. The summed E-state index contributed by atoms with van der Waals surface area (Å²) >= 11 is 5.94. The second kappa shape index (κ2) is 9.90. The molecule has 0 spiro atoms. The molecule has 0 aromatic heterocycles. The first-order valence-electron chi connectivity index (χ1n) is 10.0. The van der Waals surface area contributed by atoms with Crippen LogP contribution >= 0.6 is 11.6 Å². The largest absolute Gasteiger partial charge is 0.462 e. The van der Waals surface area contributed by atoms with Gasteiger partial charge in [0.05, 0.1) is 12.2 Å². The van der Waals surface area contributed by atoms with E-state index in [1.165, 1.54) is 5.56 Å². The van der Waals surface area contributed by atoms with Gasteiger partial charge in [-0.2, -0.15) is 0 Å². The van der Waals surface area contributed by atoms with Crippen molar-refractivity contribution in [3.05, 3.63) is 64.2 Å². The van der Waals surface area contributed by atoms with Crippen LogP contribution in [0.4, 0.5) is 5.69 Å². The number of carbonyl (C=O) groups excluding carboxylic acids is 2. The molecule has 154 valence electrons. The fourth-order valence-electron chi connectivity index (χ4n) is 3.64. The summed E-state index contributed by atoms with van der Waals surface area (Å²) in [6.45, 7) is 6.55. The number of anilines is 1. The van der Waals surface area contributed by atoms with Gasteiger partial charge in [-0.05, 0) is 75.2 Å². The predicted octanol–water partition coefficient (Wildman–Crippen LogP) is 4.68. The maximum absolute atomic E-state index is 12.8. The van der Waals surface area contributed by atoms with Crippen molar-refractivity contribution in [2.75, 3.05) is 25.0 Å². The highest BCUT2D eigenvalue weighted by atomic mass is 35.5. The molecule has 0 radical (unpaired) electrons. The average molecular weight is 415 g/mol. The van der Waals surface area contributed by atoms with Crippen LogP contribution in [0.25, 0.3) is 0 Å². The van der Waals surface area contributed by atoms with Gasteiger partial charge in [-0.15, -0.1) is 0 Å². The Morgan fingerprint density at radius 1 is 1.14 bits per heavy atom. The van der Waals surface area contributed by atoms with Crippen molar-refractivity contribution >= 4 is 29.2 Å². The van der Waals surface area contributed by atoms with Crippen molar-refractivity contribution in [3.63, 3.8) is 0 Å².